The van der Waals surface area contributed by atoms with Crippen molar-refractivity contribution in [1.29, 1.82) is 0 Å². The van der Waals surface area contributed by atoms with E-state index >= 15 is 0 Å². The highest BCUT2D eigenvalue weighted by Crippen LogP contribution is 2.28. The fourth-order valence-electron chi connectivity index (χ4n) is 4.65. The van der Waals surface area contributed by atoms with Gasteiger partial charge in [0.1, 0.15) is 17.7 Å². The van der Waals surface area contributed by atoms with E-state index < -0.39 is 47.5 Å². The number of unbranched alkanes of at least 4 members (excludes halogenated alkanes) is 4. The zero-order valence-electron chi connectivity index (χ0n) is 27.0. The van der Waals surface area contributed by atoms with Crippen molar-refractivity contribution in [3.63, 3.8) is 0 Å². The second-order valence-electron chi connectivity index (χ2n) is 11.8. The number of rotatable bonds is 18. The van der Waals surface area contributed by atoms with Gasteiger partial charge in [0.15, 0.2) is 0 Å². The number of primary amides is 1. The Morgan fingerprint density at radius 2 is 1.65 bits per heavy atom. The summed E-state index contributed by atoms with van der Waals surface area (Å²) in [7, 11) is 0. The summed E-state index contributed by atoms with van der Waals surface area (Å²) in [4.78, 5) is 66.0. The number of hydrogen-bond donors (Lipinski definition) is 3. The standard InChI is InChI=1S/C32H52N4O7/c1-8-10-11-12-13-20-36(30(40)25(16-17-26(33)37)35-31(41)43-32(5,6)7)28(24-15-14-22(3)21-23(24)4)29(39)34-19-18-27(38)42-9-2/h14-15,21,25,28H,8-13,16-20H2,1-7H3,(H2,33,37)(H,34,39)(H,35,41). The Hall–Kier alpha value is -3.63. The molecule has 11 nitrogen and oxygen atoms in total. The van der Waals surface area contributed by atoms with E-state index in [1.165, 1.54) is 4.90 Å². The number of carbonyl (C=O) groups is 5. The van der Waals surface area contributed by atoms with E-state index in [2.05, 4.69) is 17.6 Å². The van der Waals surface area contributed by atoms with Crippen molar-refractivity contribution < 1.29 is 33.4 Å². The molecule has 11 heteroatoms. The maximum Gasteiger partial charge on any atom is 0.408 e. The van der Waals surface area contributed by atoms with Gasteiger partial charge in [0, 0.05) is 19.5 Å². The van der Waals surface area contributed by atoms with Gasteiger partial charge in [-0.3, -0.25) is 19.2 Å². The molecule has 0 saturated heterocycles. The Labute approximate surface area is 256 Å². The molecule has 2 unspecified atom stereocenters. The molecule has 2 atom stereocenters. The van der Waals surface area contributed by atoms with Crippen LogP contribution in [0.15, 0.2) is 18.2 Å². The van der Waals surface area contributed by atoms with E-state index in [9.17, 15) is 24.0 Å². The monoisotopic (exact) mass is 604 g/mol. The molecule has 1 rings (SSSR count). The molecule has 0 heterocycles. The number of aryl methyl sites for hydroxylation is 2. The van der Waals surface area contributed by atoms with Crippen LogP contribution in [-0.2, 0) is 28.7 Å². The van der Waals surface area contributed by atoms with Gasteiger partial charge in [-0.05, 0) is 65.5 Å². The second kappa shape index (κ2) is 18.8. The normalized spacial score (nSPS) is 12.5. The molecule has 0 saturated carbocycles. The zero-order valence-corrected chi connectivity index (χ0v) is 27.0. The van der Waals surface area contributed by atoms with Crippen LogP contribution in [0.1, 0.15) is 109 Å². The highest BCUT2D eigenvalue weighted by molar-refractivity contribution is 5.92. The van der Waals surface area contributed by atoms with Crippen LogP contribution in [0.3, 0.4) is 0 Å². The summed E-state index contributed by atoms with van der Waals surface area (Å²) in [5.74, 6) is -2.07. The highest BCUT2D eigenvalue weighted by Gasteiger charge is 2.36. The summed E-state index contributed by atoms with van der Waals surface area (Å²) in [6.07, 6.45) is 3.47. The molecule has 4 N–H and O–H groups in total. The third-order valence-electron chi connectivity index (χ3n) is 6.67. The van der Waals surface area contributed by atoms with Crippen LogP contribution < -0.4 is 16.4 Å². The lowest BCUT2D eigenvalue weighted by Gasteiger charge is -2.35. The van der Waals surface area contributed by atoms with Gasteiger partial charge >= 0.3 is 12.1 Å². The number of nitrogens with one attached hydrogen (secondary N) is 2. The fourth-order valence-corrected chi connectivity index (χ4v) is 4.65. The predicted molar refractivity (Wildman–Crippen MR) is 165 cm³/mol. The first-order valence-electron chi connectivity index (χ1n) is 15.3. The molecule has 0 aromatic heterocycles. The van der Waals surface area contributed by atoms with Crippen LogP contribution in [0.2, 0.25) is 0 Å². The van der Waals surface area contributed by atoms with Gasteiger partial charge in [0.2, 0.25) is 17.7 Å². The Morgan fingerprint density at radius 1 is 0.977 bits per heavy atom. The summed E-state index contributed by atoms with van der Waals surface area (Å²) in [6, 6.07) is 3.39. The van der Waals surface area contributed by atoms with Crippen molar-refractivity contribution in [2.45, 2.75) is 118 Å². The molecule has 0 bridgehead atoms. The fraction of sp³-hybridized carbons (Fsp3) is 0.656. The van der Waals surface area contributed by atoms with Gasteiger partial charge in [-0.1, -0.05) is 56.4 Å². The smallest absolute Gasteiger partial charge is 0.408 e. The number of ether oxygens (including phenoxy) is 2. The summed E-state index contributed by atoms with van der Waals surface area (Å²) in [5.41, 5.74) is 7.00. The number of benzene rings is 1. The van der Waals surface area contributed by atoms with Gasteiger partial charge in [-0.2, -0.15) is 0 Å². The average molecular weight is 605 g/mol. The minimum absolute atomic E-state index is 0.0222. The predicted octanol–water partition coefficient (Wildman–Crippen LogP) is 4.37. The molecule has 0 spiro atoms. The lowest BCUT2D eigenvalue weighted by Crippen LogP contribution is -2.53. The van der Waals surface area contributed by atoms with Crippen LogP contribution >= 0.6 is 0 Å². The third kappa shape index (κ3) is 14.4. The Balaban J connectivity index is 3.53. The number of carbonyl (C=O) groups excluding carboxylic acids is 5. The number of esters is 1. The summed E-state index contributed by atoms with van der Waals surface area (Å²) < 4.78 is 10.4. The van der Waals surface area contributed by atoms with Gasteiger partial charge in [0.25, 0.3) is 0 Å². The van der Waals surface area contributed by atoms with Crippen LogP contribution in [0.5, 0.6) is 0 Å². The van der Waals surface area contributed by atoms with E-state index in [-0.39, 0.29) is 39.0 Å². The van der Waals surface area contributed by atoms with Gasteiger partial charge < -0.3 is 30.7 Å². The molecule has 0 fully saturated rings. The third-order valence-corrected chi connectivity index (χ3v) is 6.67. The van der Waals surface area contributed by atoms with Gasteiger partial charge in [-0.25, -0.2) is 4.79 Å². The van der Waals surface area contributed by atoms with Crippen molar-refractivity contribution in [3.05, 3.63) is 34.9 Å². The lowest BCUT2D eigenvalue weighted by molar-refractivity contribution is -0.144. The molecule has 0 aliphatic heterocycles. The molecule has 0 radical (unpaired) electrons. The summed E-state index contributed by atoms with van der Waals surface area (Å²) in [5, 5.41) is 5.41. The molecule has 1 aromatic rings. The first-order chi connectivity index (χ1) is 20.2. The number of hydrogen-bond acceptors (Lipinski definition) is 7. The van der Waals surface area contributed by atoms with E-state index in [0.29, 0.717) is 12.0 Å². The largest absolute Gasteiger partial charge is 0.466 e. The van der Waals surface area contributed by atoms with Crippen LogP contribution in [-0.4, -0.2) is 66.0 Å². The minimum atomic E-state index is -1.17. The van der Waals surface area contributed by atoms with Crippen molar-refractivity contribution >= 4 is 29.8 Å². The first kappa shape index (κ1) is 37.4. The maximum atomic E-state index is 14.3. The zero-order chi connectivity index (χ0) is 32.6. The van der Waals surface area contributed by atoms with Crippen molar-refractivity contribution in [2.75, 3.05) is 19.7 Å². The highest BCUT2D eigenvalue weighted by atomic mass is 16.6. The van der Waals surface area contributed by atoms with E-state index in [1.807, 2.05) is 32.0 Å². The first-order valence-corrected chi connectivity index (χ1v) is 15.3. The number of alkyl carbamates (subject to hydrolysis) is 1. The topological polar surface area (TPSA) is 157 Å². The van der Waals surface area contributed by atoms with Gasteiger partial charge in [-0.15, -0.1) is 0 Å². The summed E-state index contributed by atoms with van der Waals surface area (Å²) in [6.45, 7) is 13.2. The molecule has 4 amide bonds. The molecule has 0 aliphatic rings. The van der Waals surface area contributed by atoms with E-state index in [4.69, 9.17) is 15.2 Å². The number of nitrogens with two attached hydrogens (primary N) is 1. The molecule has 242 valence electrons. The molecule has 0 aliphatic carbocycles. The Morgan fingerprint density at radius 3 is 2.23 bits per heavy atom. The van der Waals surface area contributed by atoms with Crippen molar-refractivity contribution in [3.8, 4) is 0 Å². The van der Waals surface area contributed by atoms with E-state index in [1.54, 1.807) is 27.7 Å². The molecular weight excluding hydrogens is 552 g/mol. The maximum absolute atomic E-state index is 14.3. The molecular formula is C32H52N4O7. The second-order valence-corrected chi connectivity index (χ2v) is 11.8. The molecule has 43 heavy (non-hydrogen) atoms. The molecule has 1 aromatic carbocycles. The number of nitrogens with zero attached hydrogens (tertiary/aromatic N) is 1. The van der Waals surface area contributed by atoms with Crippen LogP contribution in [0.4, 0.5) is 4.79 Å². The summed E-state index contributed by atoms with van der Waals surface area (Å²) >= 11 is 0. The SMILES string of the molecule is CCCCCCCN(C(=O)C(CCC(N)=O)NC(=O)OC(C)(C)C)C(C(=O)NCCC(=O)OCC)c1ccc(C)cc1C. The lowest BCUT2D eigenvalue weighted by atomic mass is 9.95. The van der Waals surface area contributed by atoms with Crippen molar-refractivity contribution in [2.24, 2.45) is 5.73 Å². The van der Waals surface area contributed by atoms with Gasteiger partial charge in [0.05, 0.1) is 13.0 Å². The number of amides is 4. The quantitative estimate of drug-likeness (QED) is 0.166. The van der Waals surface area contributed by atoms with Crippen LogP contribution in [0, 0.1) is 13.8 Å². The minimum Gasteiger partial charge on any atom is -0.466 e. The van der Waals surface area contributed by atoms with Crippen molar-refractivity contribution in [1.82, 2.24) is 15.5 Å². The van der Waals surface area contributed by atoms with E-state index in [0.717, 1.165) is 36.8 Å². The van der Waals surface area contributed by atoms with Crippen LogP contribution in [0.25, 0.3) is 0 Å². The Kier molecular flexibility index (Phi) is 16.4. The average Bonchev–Trinajstić information content (AvgIpc) is 2.89. The Bertz CT molecular complexity index is 1080.